The molecule has 0 saturated carbocycles. The third-order valence-electron chi connectivity index (χ3n) is 4.25. The van der Waals surface area contributed by atoms with E-state index in [1.165, 1.54) is 7.11 Å². The Morgan fingerprint density at radius 3 is 3.04 bits per heavy atom. The molecule has 23 heavy (non-hydrogen) atoms. The molecule has 3 heterocycles. The predicted octanol–water partition coefficient (Wildman–Crippen LogP) is 1.39. The Kier molecular flexibility index (Phi) is 4.76. The van der Waals surface area contributed by atoms with Crippen molar-refractivity contribution in [3.8, 4) is 0 Å². The van der Waals surface area contributed by atoms with Gasteiger partial charge in [-0.15, -0.1) is 0 Å². The molecule has 7 nitrogen and oxygen atoms in total. The average molecular weight is 319 g/mol. The molecule has 2 amide bonds. The molecule has 0 unspecified atom stereocenters. The topological polar surface area (TPSA) is 72.0 Å². The van der Waals surface area contributed by atoms with Crippen molar-refractivity contribution in [2.45, 2.75) is 18.8 Å². The van der Waals surface area contributed by atoms with E-state index < -0.39 is 0 Å². The van der Waals surface area contributed by atoms with Crippen molar-refractivity contribution in [2.75, 3.05) is 44.9 Å². The van der Waals surface area contributed by atoms with Crippen LogP contribution in [0.4, 0.5) is 10.6 Å². The van der Waals surface area contributed by atoms with E-state index in [9.17, 15) is 9.59 Å². The molecule has 7 heteroatoms. The van der Waals surface area contributed by atoms with Crippen LogP contribution in [0.3, 0.4) is 0 Å². The molecular formula is C16H21N3O4. The smallest absolute Gasteiger partial charge is 0.415 e. The van der Waals surface area contributed by atoms with Crippen LogP contribution >= 0.6 is 0 Å². The molecule has 0 radical (unpaired) electrons. The third kappa shape index (κ3) is 3.44. The molecule has 124 valence electrons. The second-order valence-corrected chi connectivity index (χ2v) is 5.80. The number of carbonyl (C=O) groups is 2. The van der Waals surface area contributed by atoms with Gasteiger partial charge in [0.1, 0.15) is 19.0 Å². The highest BCUT2D eigenvalue weighted by Gasteiger charge is 2.28. The molecule has 0 spiro atoms. The monoisotopic (exact) mass is 319 g/mol. The zero-order chi connectivity index (χ0) is 16.2. The molecule has 1 aromatic rings. The lowest BCUT2D eigenvalue weighted by Gasteiger charge is -2.32. The second-order valence-electron chi connectivity index (χ2n) is 5.80. The van der Waals surface area contributed by atoms with Crippen LogP contribution in [0, 0.1) is 0 Å². The fourth-order valence-corrected chi connectivity index (χ4v) is 3.08. The van der Waals surface area contributed by atoms with Crippen LogP contribution < -0.4 is 4.90 Å². The summed E-state index contributed by atoms with van der Waals surface area (Å²) in [4.78, 5) is 31.7. The number of methoxy groups -OCH3 is 1. The Balaban J connectivity index is 1.73. The van der Waals surface area contributed by atoms with Crippen LogP contribution in [0.1, 0.15) is 24.5 Å². The van der Waals surface area contributed by atoms with Gasteiger partial charge in [-0.1, -0.05) is 6.07 Å². The van der Waals surface area contributed by atoms with Crippen molar-refractivity contribution < 1.29 is 19.1 Å². The summed E-state index contributed by atoms with van der Waals surface area (Å²) in [6.07, 6.45) is 1.57. The van der Waals surface area contributed by atoms with Gasteiger partial charge in [0.2, 0.25) is 5.91 Å². The van der Waals surface area contributed by atoms with E-state index in [0.717, 1.165) is 25.1 Å². The maximum Gasteiger partial charge on any atom is 0.415 e. The fourth-order valence-electron chi connectivity index (χ4n) is 3.08. The number of nitrogens with zero attached hydrogens (tertiary/aromatic N) is 3. The van der Waals surface area contributed by atoms with Crippen LogP contribution in [-0.2, 0) is 14.3 Å². The first-order valence-corrected chi connectivity index (χ1v) is 7.87. The number of ether oxygens (including phenoxy) is 2. The van der Waals surface area contributed by atoms with E-state index in [-0.39, 0.29) is 24.5 Å². The van der Waals surface area contributed by atoms with E-state index in [2.05, 4.69) is 4.98 Å². The van der Waals surface area contributed by atoms with Crippen LogP contribution in [0.25, 0.3) is 0 Å². The Bertz CT molecular complexity index is 592. The average Bonchev–Trinajstić information content (AvgIpc) is 3.01. The van der Waals surface area contributed by atoms with Gasteiger partial charge in [0.25, 0.3) is 0 Å². The number of aromatic nitrogens is 1. The first kappa shape index (κ1) is 15.7. The Labute approximate surface area is 135 Å². The standard InChI is InChI=1S/C16H21N3O4/c1-22-11-15(20)18-7-3-4-12(10-18)13-5-2-6-14(17-13)19-8-9-23-16(19)21/h2,5-6,12H,3-4,7-11H2,1H3/t12-/m0/s1. The Hall–Kier alpha value is -2.15. The number of hydrogen-bond acceptors (Lipinski definition) is 5. The minimum absolute atomic E-state index is 0.0106. The van der Waals surface area contributed by atoms with Gasteiger partial charge in [0.05, 0.1) is 6.54 Å². The Morgan fingerprint density at radius 2 is 2.30 bits per heavy atom. The number of piperidine rings is 1. The summed E-state index contributed by atoms with van der Waals surface area (Å²) in [5.74, 6) is 0.810. The number of pyridine rings is 1. The Morgan fingerprint density at radius 1 is 1.43 bits per heavy atom. The minimum atomic E-state index is -0.352. The van der Waals surface area contributed by atoms with Crippen molar-refractivity contribution >= 4 is 17.8 Å². The lowest BCUT2D eigenvalue weighted by Crippen LogP contribution is -2.41. The number of cyclic esters (lactones) is 1. The summed E-state index contributed by atoms with van der Waals surface area (Å²) < 4.78 is 9.89. The molecule has 0 N–H and O–H groups in total. The summed E-state index contributed by atoms with van der Waals surface area (Å²) in [5.41, 5.74) is 0.914. The highest BCUT2D eigenvalue weighted by atomic mass is 16.6. The summed E-state index contributed by atoms with van der Waals surface area (Å²) in [5, 5.41) is 0. The van der Waals surface area contributed by atoms with Crippen LogP contribution in [0.5, 0.6) is 0 Å². The van der Waals surface area contributed by atoms with Gasteiger partial charge in [-0.3, -0.25) is 9.69 Å². The molecule has 0 aromatic carbocycles. The van der Waals surface area contributed by atoms with Crippen LogP contribution in [0.2, 0.25) is 0 Å². The quantitative estimate of drug-likeness (QED) is 0.838. The van der Waals surface area contributed by atoms with Crippen molar-refractivity contribution in [3.05, 3.63) is 23.9 Å². The maximum atomic E-state index is 12.0. The predicted molar refractivity (Wildman–Crippen MR) is 83.4 cm³/mol. The van der Waals surface area contributed by atoms with Crippen molar-refractivity contribution in [1.82, 2.24) is 9.88 Å². The molecule has 2 saturated heterocycles. The maximum absolute atomic E-state index is 12.0. The van der Waals surface area contributed by atoms with Gasteiger partial charge < -0.3 is 14.4 Å². The lowest BCUT2D eigenvalue weighted by atomic mass is 9.94. The molecule has 2 fully saturated rings. The fraction of sp³-hybridized carbons (Fsp3) is 0.562. The van der Waals surface area contributed by atoms with Gasteiger partial charge in [-0.2, -0.15) is 0 Å². The summed E-state index contributed by atoms with van der Waals surface area (Å²) in [7, 11) is 1.53. The van der Waals surface area contributed by atoms with Crippen LogP contribution in [0.15, 0.2) is 18.2 Å². The van der Waals surface area contributed by atoms with Gasteiger partial charge >= 0.3 is 6.09 Å². The number of carbonyl (C=O) groups excluding carboxylic acids is 2. The molecular weight excluding hydrogens is 298 g/mol. The first-order valence-electron chi connectivity index (χ1n) is 7.87. The zero-order valence-electron chi connectivity index (χ0n) is 13.2. The normalized spacial score (nSPS) is 21.4. The molecule has 2 aliphatic heterocycles. The second kappa shape index (κ2) is 6.95. The zero-order valence-corrected chi connectivity index (χ0v) is 13.2. The molecule has 2 aliphatic rings. The highest BCUT2D eigenvalue weighted by Crippen LogP contribution is 2.27. The molecule has 0 bridgehead atoms. The van der Waals surface area contributed by atoms with Crippen LogP contribution in [-0.4, -0.2) is 61.8 Å². The highest BCUT2D eigenvalue weighted by molar-refractivity contribution is 5.88. The van der Waals surface area contributed by atoms with Gasteiger partial charge in [-0.25, -0.2) is 9.78 Å². The third-order valence-corrected chi connectivity index (χ3v) is 4.25. The summed E-state index contributed by atoms with van der Waals surface area (Å²) in [6, 6.07) is 5.67. The number of likely N-dealkylation sites (tertiary alicyclic amines) is 1. The van der Waals surface area contributed by atoms with E-state index in [1.54, 1.807) is 4.90 Å². The molecule has 0 aliphatic carbocycles. The molecule has 1 atom stereocenters. The van der Waals surface area contributed by atoms with Crippen molar-refractivity contribution in [3.63, 3.8) is 0 Å². The SMILES string of the molecule is COCC(=O)N1CCC[C@H](c2cccc(N3CCOC3=O)n2)C1. The van der Waals surface area contributed by atoms with Crippen molar-refractivity contribution in [1.29, 1.82) is 0 Å². The number of rotatable bonds is 4. The van der Waals surface area contributed by atoms with Gasteiger partial charge in [-0.05, 0) is 25.0 Å². The van der Waals surface area contributed by atoms with Gasteiger partial charge in [0, 0.05) is 31.8 Å². The van der Waals surface area contributed by atoms with E-state index >= 15 is 0 Å². The molecule has 1 aromatic heterocycles. The largest absolute Gasteiger partial charge is 0.447 e. The first-order chi connectivity index (χ1) is 11.2. The number of hydrogen-bond donors (Lipinski definition) is 0. The molecule has 3 rings (SSSR count). The van der Waals surface area contributed by atoms with E-state index in [0.29, 0.717) is 25.5 Å². The van der Waals surface area contributed by atoms with E-state index in [1.807, 2.05) is 23.1 Å². The summed E-state index contributed by atoms with van der Waals surface area (Å²) in [6.45, 7) is 2.44. The number of anilines is 1. The number of amides is 2. The summed E-state index contributed by atoms with van der Waals surface area (Å²) >= 11 is 0. The van der Waals surface area contributed by atoms with E-state index in [4.69, 9.17) is 9.47 Å². The lowest BCUT2D eigenvalue weighted by molar-refractivity contribution is -0.136. The van der Waals surface area contributed by atoms with Gasteiger partial charge in [0.15, 0.2) is 0 Å². The minimum Gasteiger partial charge on any atom is -0.447 e. The van der Waals surface area contributed by atoms with Crippen molar-refractivity contribution in [2.24, 2.45) is 0 Å².